The number of imidazole rings is 1. The molecule has 1 fully saturated rings. The number of carbonyl (C=O) groups is 1. The van der Waals surface area contributed by atoms with E-state index in [4.69, 9.17) is 5.73 Å². The summed E-state index contributed by atoms with van der Waals surface area (Å²) in [6, 6.07) is 11.5. The summed E-state index contributed by atoms with van der Waals surface area (Å²) < 4.78 is 1.75. The van der Waals surface area contributed by atoms with Crippen LogP contribution in [0, 0.1) is 5.92 Å². The van der Waals surface area contributed by atoms with E-state index >= 15 is 0 Å². The smallest absolute Gasteiger partial charge is 0.253 e. The van der Waals surface area contributed by atoms with Crippen molar-refractivity contribution < 1.29 is 4.79 Å². The number of rotatable bonds is 3. The topological polar surface area (TPSA) is 76.5 Å². The molecule has 4 rings (SSSR count). The molecule has 2 aromatic heterocycles. The first-order valence-corrected chi connectivity index (χ1v) is 8.65. The van der Waals surface area contributed by atoms with Gasteiger partial charge in [0.05, 0.1) is 5.69 Å². The molecule has 1 saturated heterocycles. The highest BCUT2D eigenvalue weighted by Crippen LogP contribution is 2.21. The molecule has 1 aliphatic heterocycles. The van der Waals surface area contributed by atoms with Crippen molar-refractivity contribution >= 4 is 11.6 Å². The number of piperidine rings is 1. The Labute approximate surface area is 146 Å². The number of hydrogen-bond donors (Lipinski definition) is 1. The average molecular weight is 335 g/mol. The standard InChI is InChI=1S/C19H21N5O/c20-13-14-7-10-23(11-8-14)19(25)16-3-1-15(2-4-16)17-5-6-18-21-9-12-24(18)22-17/h1-6,9,12,14H,7-8,10-11,13,20H2. The van der Waals surface area contributed by atoms with Gasteiger partial charge < -0.3 is 10.6 Å². The van der Waals surface area contributed by atoms with Crippen LogP contribution in [0.15, 0.2) is 48.8 Å². The maximum atomic E-state index is 12.6. The quantitative estimate of drug-likeness (QED) is 0.796. The zero-order valence-electron chi connectivity index (χ0n) is 14.0. The zero-order chi connectivity index (χ0) is 17.2. The monoisotopic (exact) mass is 335 g/mol. The minimum absolute atomic E-state index is 0.0973. The van der Waals surface area contributed by atoms with Crippen molar-refractivity contribution in [3.05, 3.63) is 54.4 Å². The summed E-state index contributed by atoms with van der Waals surface area (Å²) in [5.74, 6) is 0.649. The summed E-state index contributed by atoms with van der Waals surface area (Å²) in [6.45, 7) is 2.30. The molecule has 1 amide bonds. The zero-order valence-corrected chi connectivity index (χ0v) is 14.0. The minimum atomic E-state index is 0.0973. The summed E-state index contributed by atoms with van der Waals surface area (Å²) >= 11 is 0. The predicted molar refractivity (Wildman–Crippen MR) is 96.1 cm³/mol. The first kappa shape index (κ1) is 15.8. The van der Waals surface area contributed by atoms with Crippen LogP contribution in [-0.2, 0) is 0 Å². The van der Waals surface area contributed by atoms with Crippen LogP contribution in [0.25, 0.3) is 16.9 Å². The Kier molecular flexibility index (Phi) is 4.19. The first-order chi connectivity index (χ1) is 12.2. The third-order valence-corrected chi connectivity index (χ3v) is 4.92. The molecule has 3 heterocycles. The van der Waals surface area contributed by atoms with Gasteiger partial charge in [0.15, 0.2) is 5.65 Å². The Balaban J connectivity index is 1.50. The molecule has 6 nitrogen and oxygen atoms in total. The van der Waals surface area contributed by atoms with Gasteiger partial charge in [-0.05, 0) is 49.6 Å². The van der Waals surface area contributed by atoms with Crippen LogP contribution in [0.5, 0.6) is 0 Å². The number of benzene rings is 1. The van der Waals surface area contributed by atoms with Crippen molar-refractivity contribution in [2.75, 3.05) is 19.6 Å². The van der Waals surface area contributed by atoms with E-state index in [0.717, 1.165) is 48.4 Å². The van der Waals surface area contributed by atoms with Gasteiger partial charge >= 0.3 is 0 Å². The van der Waals surface area contributed by atoms with Crippen LogP contribution in [0.4, 0.5) is 0 Å². The molecular weight excluding hydrogens is 314 g/mol. The Hall–Kier alpha value is -2.73. The largest absolute Gasteiger partial charge is 0.339 e. The highest BCUT2D eigenvalue weighted by atomic mass is 16.2. The normalized spacial score (nSPS) is 15.6. The van der Waals surface area contributed by atoms with Gasteiger partial charge in [-0.3, -0.25) is 4.79 Å². The van der Waals surface area contributed by atoms with Crippen molar-refractivity contribution in [3.63, 3.8) is 0 Å². The van der Waals surface area contributed by atoms with Gasteiger partial charge in [0, 0.05) is 36.6 Å². The summed E-state index contributed by atoms with van der Waals surface area (Å²) in [5.41, 5.74) is 9.09. The molecule has 6 heteroatoms. The van der Waals surface area contributed by atoms with Crippen LogP contribution in [-0.4, -0.2) is 45.0 Å². The van der Waals surface area contributed by atoms with Gasteiger partial charge in [-0.1, -0.05) is 12.1 Å². The van der Waals surface area contributed by atoms with E-state index < -0.39 is 0 Å². The average Bonchev–Trinajstić information content (AvgIpc) is 3.15. The van der Waals surface area contributed by atoms with Gasteiger partial charge in [0.1, 0.15) is 0 Å². The molecule has 2 N–H and O–H groups in total. The van der Waals surface area contributed by atoms with Crippen molar-refractivity contribution in [3.8, 4) is 11.3 Å². The molecule has 1 aromatic carbocycles. The second kappa shape index (κ2) is 6.64. The molecule has 0 saturated carbocycles. The number of hydrogen-bond acceptors (Lipinski definition) is 4. The SMILES string of the molecule is NCC1CCN(C(=O)c2ccc(-c3ccc4nccn4n3)cc2)CC1. The molecule has 1 aliphatic rings. The lowest BCUT2D eigenvalue weighted by Crippen LogP contribution is -2.40. The van der Waals surface area contributed by atoms with Gasteiger partial charge in [-0.2, -0.15) is 5.10 Å². The molecule has 0 radical (unpaired) electrons. The van der Waals surface area contributed by atoms with Gasteiger partial charge in [0.25, 0.3) is 5.91 Å². The third-order valence-electron chi connectivity index (χ3n) is 4.92. The van der Waals surface area contributed by atoms with Crippen LogP contribution in [0.3, 0.4) is 0 Å². The fraction of sp³-hybridized carbons (Fsp3) is 0.316. The van der Waals surface area contributed by atoms with Gasteiger partial charge in [0.2, 0.25) is 0 Å². The van der Waals surface area contributed by atoms with E-state index in [0.29, 0.717) is 12.5 Å². The fourth-order valence-electron chi connectivity index (χ4n) is 3.31. The molecule has 25 heavy (non-hydrogen) atoms. The van der Waals surface area contributed by atoms with E-state index in [1.54, 1.807) is 10.7 Å². The van der Waals surface area contributed by atoms with E-state index in [1.165, 1.54) is 0 Å². The van der Waals surface area contributed by atoms with E-state index in [9.17, 15) is 4.79 Å². The summed E-state index contributed by atoms with van der Waals surface area (Å²) in [6.07, 6.45) is 5.54. The third kappa shape index (κ3) is 3.13. The van der Waals surface area contributed by atoms with Gasteiger partial charge in [-0.25, -0.2) is 9.50 Å². The lowest BCUT2D eigenvalue weighted by Gasteiger charge is -2.31. The minimum Gasteiger partial charge on any atom is -0.339 e. The number of likely N-dealkylation sites (tertiary alicyclic amines) is 1. The molecule has 128 valence electrons. The van der Waals surface area contributed by atoms with Crippen molar-refractivity contribution in [2.45, 2.75) is 12.8 Å². The molecule has 0 spiro atoms. The second-order valence-electron chi connectivity index (χ2n) is 6.50. The number of nitrogens with two attached hydrogens (primary N) is 1. The molecule has 0 atom stereocenters. The Morgan fingerprint density at radius 2 is 1.88 bits per heavy atom. The van der Waals surface area contributed by atoms with Crippen molar-refractivity contribution in [1.29, 1.82) is 0 Å². The predicted octanol–water partition coefficient (Wildman–Crippen LogP) is 2.21. The number of aromatic nitrogens is 3. The van der Waals surface area contributed by atoms with Crippen LogP contribution in [0.2, 0.25) is 0 Å². The second-order valence-corrected chi connectivity index (χ2v) is 6.50. The van der Waals surface area contributed by atoms with Crippen LogP contribution in [0.1, 0.15) is 23.2 Å². The van der Waals surface area contributed by atoms with E-state index in [-0.39, 0.29) is 5.91 Å². The van der Waals surface area contributed by atoms with Crippen molar-refractivity contribution in [1.82, 2.24) is 19.5 Å². The Morgan fingerprint density at radius 1 is 1.12 bits per heavy atom. The van der Waals surface area contributed by atoms with Crippen LogP contribution < -0.4 is 5.73 Å². The molecular formula is C19H21N5O. The number of amides is 1. The molecule has 0 bridgehead atoms. The lowest BCUT2D eigenvalue weighted by molar-refractivity contribution is 0.0693. The molecule has 0 aliphatic carbocycles. The van der Waals surface area contributed by atoms with Gasteiger partial charge in [-0.15, -0.1) is 0 Å². The number of nitrogens with zero attached hydrogens (tertiary/aromatic N) is 4. The highest BCUT2D eigenvalue weighted by Gasteiger charge is 2.22. The van der Waals surface area contributed by atoms with E-state index in [2.05, 4.69) is 10.1 Å². The van der Waals surface area contributed by atoms with Crippen LogP contribution >= 0.6 is 0 Å². The summed E-state index contributed by atoms with van der Waals surface area (Å²) in [7, 11) is 0. The number of fused-ring (bicyclic) bond motifs is 1. The lowest BCUT2D eigenvalue weighted by atomic mass is 9.96. The van der Waals surface area contributed by atoms with Crippen molar-refractivity contribution in [2.24, 2.45) is 11.7 Å². The number of carbonyl (C=O) groups excluding carboxylic acids is 1. The fourth-order valence-corrected chi connectivity index (χ4v) is 3.31. The molecule has 0 unspecified atom stereocenters. The highest BCUT2D eigenvalue weighted by molar-refractivity contribution is 5.94. The van der Waals surface area contributed by atoms with E-state index in [1.807, 2.05) is 47.5 Å². The Morgan fingerprint density at radius 3 is 2.60 bits per heavy atom. The maximum absolute atomic E-state index is 12.6. The molecule has 3 aromatic rings. The summed E-state index contributed by atoms with van der Waals surface area (Å²) in [5, 5.41) is 4.53. The Bertz CT molecular complexity index is 878. The maximum Gasteiger partial charge on any atom is 0.253 e. The first-order valence-electron chi connectivity index (χ1n) is 8.65. The summed E-state index contributed by atoms with van der Waals surface area (Å²) in [4.78, 5) is 18.8.